The van der Waals surface area contributed by atoms with E-state index in [2.05, 4.69) is 36.3 Å². The van der Waals surface area contributed by atoms with Crippen LogP contribution in [0.2, 0.25) is 0 Å². The maximum atomic E-state index is 12.7. The first kappa shape index (κ1) is 29.2. The third-order valence-corrected chi connectivity index (χ3v) is 6.63. The number of urea groups is 1. The van der Waals surface area contributed by atoms with E-state index in [0.29, 0.717) is 23.6 Å². The monoisotopic (exact) mass is 496 g/mol. The van der Waals surface area contributed by atoms with Gasteiger partial charge in [-0.05, 0) is 49.8 Å². The molecule has 0 saturated carbocycles. The quantitative estimate of drug-likeness (QED) is 0.110. The number of esters is 1. The molecule has 2 rings (SSSR count). The Morgan fingerprint density at radius 2 is 1.81 bits per heavy atom. The van der Waals surface area contributed by atoms with Gasteiger partial charge in [0.05, 0.1) is 25.3 Å². The number of methoxy groups -OCH3 is 1. The van der Waals surface area contributed by atoms with Crippen molar-refractivity contribution in [1.82, 2.24) is 10.6 Å². The van der Waals surface area contributed by atoms with E-state index in [1.807, 2.05) is 31.2 Å². The van der Waals surface area contributed by atoms with Gasteiger partial charge in [0.15, 0.2) is 0 Å². The van der Waals surface area contributed by atoms with Crippen molar-refractivity contribution >= 4 is 12.0 Å². The minimum Gasteiger partial charge on any atom is -0.495 e. The summed E-state index contributed by atoms with van der Waals surface area (Å²) in [6, 6.07) is 7.21. The molecular weight excluding hydrogens is 452 g/mol. The van der Waals surface area contributed by atoms with Crippen molar-refractivity contribution in [3.63, 3.8) is 0 Å². The van der Waals surface area contributed by atoms with Gasteiger partial charge in [0.1, 0.15) is 5.76 Å². The summed E-state index contributed by atoms with van der Waals surface area (Å²) >= 11 is 0. The van der Waals surface area contributed by atoms with Gasteiger partial charge in [-0.3, -0.25) is 0 Å². The maximum absolute atomic E-state index is 12.7. The summed E-state index contributed by atoms with van der Waals surface area (Å²) in [5.74, 6) is 0.433. The van der Waals surface area contributed by atoms with Crippen LogP contribution in [0, 0.1) is 0 Å². The van der Waals surface area contributed by atoms with Crippen molar-refractivity contribution in [3.05, 3.63) is 71.2 Å². The van der Waals surface area contributed by atoms with Crippen LogP contribution in [-0.4, -0.2) is 25.7 Å². The highest BCUT2D eigenvalue weighted by Crippen LogP contribution is 2.36. The van der Waals surface area contributed by atoms with E-state index in [1.54, 1.807) is 6.92 Å². The molecule has 198 valence electrons. The zero-order chi connectivity index (χ0) is 26.3. The summed E-state index contributed by atoms with van der Waals surface area (Å²) in [6.45, 7) is 10.5. The molecule has 1 aromatic carbocycles. The van der Waals surface area contributed by atoms with Gasteiger partial charge in [-0.15, -0.1) is 0 Å². The van der Waals surface area contributed by atoms with Crippen LogP contribution < -0.4 is 10.6 Å². The molecule has 6 heteroatoms. The molecule has 0 fully saturated rings. The number of rotatable bonds is 16. The lowest BCUT2D eigenvalue weighted by molar-refractivity contribution is -0.136. The average Bonchev–Trinajstić information content (AvgIpc) is 2.86. The number of carbonyl (C=O) groups is 2. The topological polar surface area (TPSA) is 76.7 Å². The molecule has 1 heterocycles. The van der Waals surface area contributed by atoms with Crippen molar-refractivity contribution in [2.45, 2.75) is 90.5 Å². The van der Waals surface area contributed by atoms with Crippen molar-refractivity contribution in [3.8, 4) is 0 Å². The van der Waals surface area contributed by atoms with Crippen LogP contribution in [0.4, 0.5) is 4.79 Å². The summed E-state index contributed by atoms with van der Waals surface area (Å²) < 4.78 is 10.5. The highest BCUT2D eigenvalue weighted by Gasteiger charge is 2.33. The Labute approximate surface area is 217 Å². The highest BCUT2D eigenvalue weighted by atomic mass is 16.5. The van der Waals surface area contributed by atoms with Gasteiger partial charge < -0.3 is 20.1 Å². The Kier molecular flexibility index (Phi) is 12.9. The zero-order valence-electron chi connectivity index (χ0n) is 22.5. The molecule has 6 nitrogen and oxygen atoms in total. The van der Waals surface area contributed by atoms with Crippen LogP contribution in [0.15, 0.2) is 60.0 Å². The molecule has 0 aromatic heterocycles. The van der Waals surface area contributed by atoms with Crippen LogP contribution in [0.25, 0.3) is 0 Å². The second-order valence-corrected chi connectivity index (χ2v) is 9.33. The Hall–Kier alpha value is -3.02. The lowest BCUT2D eigenvalue weighted by Gasteiger charge is -2.31. The smallest absolute Gasteiger partial charge is 0.337 e. The third-order valence-electron chi connectivity index (χ3n) is 6.63. The molecule has 36 heavy (non-hydrogen) atoms. The molecule has 1 aromatic rings. The molecule has 0 bridgehead atoms. The second kappa shape index (κ2) is 15.9. The maximum Gasteiger partial charge on any atom is 0.337 e. The number of unbranched alkanes of at least 4 members (excludes halogenated alkanes) is 6. The Bertz CT molecular complexity index is 935. The van der Waals surface area contributed by atoms with Gasteiger partial charge in [-0.1, -0.05) is 88.8 Å². The summed E-state index contributed by atoms with van der Waals surface area (Å²) in [5.41, 5.74) is 3.01. The van der Waals surface area contributed by atoms with Gasteiger partial charge in [0.25, 0.3) is 0 Å². The largest absolute Gasteiger partial charge is 0.495 e. The van der Waals surface area contributed by atoms with E-state index in [0.717, 1.165) is 30.4 Å². The lowest BCUT2D eigenvalue weighted by atomic mass is 9.82. The predicted octanol–water partition coefficient (Wildman–Crippen LogP) is 7.21. The van der Waals surface area contributed by atoms with Gasteiger partial charge >= 0.3 is 12.0 Å². The number of hydrogen-bond acceptors (Lipinski definition) is 4. The van der Waals surface area contributed by atoms with Crippen LogP contribution in [0.3, 0.4) is 0 Å². The average molecular weight is 497 g/mol. The van der Waals surface area contributed by atoms with Crippen LogP contribution in [-0.2, 0) is 14.3 Å². The molecular formula is C30H44N2O4. The molecule has 0 saturated heterocycles. The predicted molar refractivity (Wildman–Crippen MR) is 145 cm³/mol. The number of benzene rings is 1. The van der Waals surface area contributed by atoms with Crippen molar-refractivity contribution in [1.29, 1.82) is 0 Å². The first-order valence-electron chi connectivity index (χ1n) is 13.4. The Balaban J connectivity index is 2.31. The van der Waals surface area contributed by atoms with E-state index >= 15 is 0 Å². The van der Waals surface area contributed by atoms with Crippen molar-refractivity contribution in [2.24, 2.45) is 0 Å². The van der Waals surface area contributed by atoms with Crippen LogP contribution in [0.5, 0.6) is 0 Å². The number of nitrogens with one attached hydrogen (secondary N) is 2. The third kappa shape index (κ3) is 8.89. The molecule has 2 N–H and O–H groups in total. The first-order chi connectivity index (χ1) is 17.4. The number of carbonyl (C=O) groups excluding carboxylic acids is 2. The van der Waals surface area contributed by atoms with E-state index in [9.17, 15) is 9.59 Å². The molecule has 2 unspecified atom stereocenters. The summed E-state index contributed by atoms with van der Waals surface area (Å²) in [7, 11) is 1.36. The molecule has 0 radical (unpaired) electrons. The fourth-order valence-electron chi connectivity index (χ4n) is 4.80. The van der Waals surface area contributed by atoms with Crippen LogP contribution in [0.1, 0.15) is 102 Å². The van der Waals surface area contributed by atoms with E-state index in [4.69, 9.17) is 9.47 Å². The molecule has 0 aliphatic carbocycles. The van der Waals surface area contributed by atoms with E-state index in [-0.39, 0.29) is 11.9 Å². The zero-order valence-corrected chi connectivity index (χ0v) is 22.5. The van der Waals surface area contributed by atoms with E-state index < -0.39 is 12.0 Å². The number of amides is 2. The normalized spacial score (nSPS) is 16.4. The SMILES string of the molecule is C=C(C=CCC(CCCCCCCCC)c1ccccc1C1NC(=O)NC(C)=C1C(=O)OC)OCC. The van der Waals surface area contributed by atoms with Gasteiger partial charge in [-0.2, -0.15) is 0 Å². The van der Waals surface area contributed by atoms with E-state index in [1.165, 1.54) is 45.6 Å². The molecule has 1 aliphatic heterocycles. The fourth-order valence-corrected chi connectivity index (χ4v) is 4.80. The standard InChI is InChI=1S/C30H44N2O4/c1-6-8-9-10-11-12-13-18-24(19-16-17-22(3)36-7-2)25-20-14-15-21-26(25)28-27(29(33)35-5)23(4)31-30(34)32-28/h14-17,20-21,24,28H,3,6-13,18-19H2,1-2,4-5H3,(H2,31,32,34). The lowest BCUT2D eigenvalue weighted by Crippen LogP contribution is -2.45. The number of hydrogen-bond donors (Lipinski definition) is 2. The molecule has 2 atom stereocenters. The highest BCUT2D eigenvalue weighted by molar-refractivity contribution is 5.95. The minimum atomic E-state index is -0.568. The Morgan fingerprint density at radius 1 is 1.11 bits per heavy atom. The second-order valence-electron chi connectivity index (χ2n) is 9.33. The first-order valence-corrected chi connectivity index (χ1v) is 13.4. The van der Waals surface area contributed by atoms with Crippen molar-refractivity contribution < 1.29 is 19.1 Å². The Morgan fingerprint density at radius 3 is 2.50 bits per heavy atom. The van der Waals surface area contributed by atoms with Crippen molar-refractivity contribution in [2.75, 3.05) is 13.7 Å². The van der Waals surface area contributed by atoms with Gasteiger partial charge in [0.2, 0.25) is 0 Å². The summed E-state index contributed by atoms with van der Waals surface area (Å²) in [5, 5.41) is 5.66. The van der Waals surface area contributed by atoms with Gasteiger partial charge in [0, 0.05) is 5.70 Å². The summed E-state index contributed by atoms with van der Waals surface area (Å²) in [6.07, 6.45) is 14.6. The molecule has 0 spiro atoms. The van der Waals surface area contributed by atoms with Gasteiger partial charge in [-0.25, -0.2) is 9.59 Å². The number of ether oxygens (including phenoxy) is 2. The molecule has 2 amide bonds. The molecule has 1 aliphatic rings. The minimum absolute atomic E-state index is 0.230. The van der Waals surface area contributed by atoms with Crippen LogP contribution >= 0.6 is 0 Å². The summed E-state index contributed by atoms with van der Waals surface area (Å²) in [4.78, 5) is 25.0. The number of allylic oxidation sites excluding steroid dienone is 3. The fraction of sp³-hybridized carbons (Fsp3) is 0.533.